The smallest absolute Gasteiger partial charge is 0.229 e. The molecular formula is C12H11N5O. The van der Waals surface area contributed by atoms with Crippen LogP contribution >= 0.6 is 0 Å². The van der Waals surface area contributed by atoms with Crippen LogP contribution in [0.4, 0.5) is 5.82 Å². The van der Waals surface area contributed by atoms with Crippen molar-refractivity contribution < 1.29 is 4.79 Å². The second-order valence-electron chi connectivity index (χ2n) is 4.27. The summed E-state index contributed by atoms with van der Waals surface area (Å²) in [5.41, 5.74) is 0.706. The highest BCUT2D eigenvalue weighted by Crippen LogP contribution is 2.28. The van der Waals surface area contributed by atoms with Crippen LogP contribution in [0.1, 0.15) is 6.42 Å². The molecule has 2 aromatic rings. The summed E-state index contributed by atoms with van der Waals surface area (Å²) in [7, 11) is 1.80. The maximum Gasteiger partial charge on any atom is 0.229 e. The van der Waals surface area contributed by atoms with Gasteiger partial charge in [0, 0.05) is 25.9 Å². The number of aryl methyl sites for hydroxylation is 1. The molecule has 0 spiro atoms. The Morgan fingerprint density at radius 2 is 2.33 bits per heavy atom. The number of carbonyl (C=O) groups is 1. The Morgan fingerprint density at radius 3 is 3.06 bits per heavy atom. The fourth-order valence-corrected chi connectivity index (χ4v) is 2.19. The molecule has 18 heavy (non-hydrogen) atoms. The number of carbonyl (C=O) groups excluding carboxylic acids is 1. The summed E-state index contributed by atoms with van der Waals surface area (Å²) in [5.74, 6) is 3.17. The molecule has 0 aliphatic carbocycles. The van der Waals surface area contributed by atoms with Crippen LogP contribution in [0.3, 0.4) is 0 Å². The molecule has 0 radical (unpaired) electrons. The van der Waals surface area contributed by atoms with Crippen LogP contribution in [0.5, 0.6) is 0 Å². The van der Waals surface area contributed by atoms with Crippen molar-refractivity contribution in [1.82, 2.24) is 19.7 Å². The number of amides is 1. The van der Waals surface area contributed by atoms with Crippen molar-refractivity contribution in [2.75, 3.05) is 11.4 Å². The first kappa shape index (κ1) is 10.7. The van der Waals surface area contributed by atoms with Crippen molar-refractivity contribution in [2.24, 2.45) is 13.0 Å². The normalized spacial score (nSPS) is 19.4. The molecule has 0 saturated carbocycles. The summed E-state index contributed by atoms with van der Waals surface area (Å²) in [6.07, 6.45) is 8.86. The van der Waals surface area contributed by atoms with Crippen molar-refractivity contribution in [3.63, 3.8) is 0 Å². The molecule has 0 N–H and O–H groups in total. The zero-order valence-corrected chi connectivity index (χ0v) is 9.87. The van der Waals surface area contributed by atoms with Crippen LogP contribution in [0.25, 0.3) is 11.0 Å². The van der Waals surface area contributed by atoms with Gasteiger partial charge in [0.1, 0.15) is 12.1 Å². The van der Waals surface area contributed by atoms with Gasteiger partial charge in [-0.15, -0.1) is 12.3 Å². The molecule has 90 valence electrons. The average Bonchev–Trinajstić information content (AvgIpc) is 2.93. The minimum absolute atomic E-state index is 0.00167. The SMILES string of the molecule is C#CC1CC(=O)N(c2ncnc3c2cnn3C)C1. The summed E-state index contributed by atoms with van der Waals surface area (Å²) in [5, 5.41) is 4.90. The molecule has 3 rings (SSSR count). The minimum atomic E-state index is -0.0424. The van der Waals surface area contributed by atoms with Gasteiger partial charge in [-0.3, -0.25) is 14.4 Å². The van der Waals surface area contributed by atoms with Crippen molar-refractivity contribution >= 4 is 22.8 Å². The number of aromatic nitrogens is 4. The van der Waals surface area contributed by atoms with Gasteiger partial charge in [-0.1, -0.05) is 0 Å². The molecule has 0 bridgehead atoms. The Labute approximate surface area is 104 Å². The molecule has 3 heterocycles. The summed E-state index contributed by atoms with van der Waals surface area (Å²) in [6, 6.07) is 0. The second-order valence-corrected chi connectivity index (χ2v) is 4.27. The quantitative estimate of drug-likeness (QED) is 0.676. The molecule has 1 saturated heterocycles. The van der Waals surface area contributed by atoms with Gasteiger partial charge in [-0.2, -0.15) is 5.10 Å². The molecule has 1 aliphatic rings. The van der Waals surface area contributed by atoms with E-state index in [9.17, 15) is 4.79 Å². The standard InChI is InChI=1S/C12H11N5O/c1-3-8-4-10(18)17(6-8)12-9-5-15-16(2)11(9)13-7-14-12/h1,5,7-8H,4,6H2,2H3. The fraction of sp³-hybridized carbons (Fsp3) is 0.333. The van der Waals surface area contributed by atoms with Gasteiger partial charge in [-0.25, -0.2) is 9.97 Å². The second kappa shape index (κ2) is 3.81. The lowest BCUT2D eigenvalue weighted by atomic mass is 10.1. The lowest BCUT2D eigenvalue weighted by Gasteiger charge is -2.14. The van der Waals surface area contributed by atoms with E-state index < -0.39 is 0 Å². The molecule has 1 unspecified atom stereocenters. The third-order valence-corrected chi connectivity index (χ3v) is 3.12. The Hall–Kier alpha value is -2.42. The van der Waals surface area contributed by atoms with Gasteiger partial charge in [0.15, 0.2) is 5.65 Å². The van der Waals surface area contributed by atoms with E-state index in [4.69, 9.17) is 6.42 Å². The lowest BCUT2D eigenvalue weighted by molar-refractivity contribution is -0.117. The molecule has 1 amide bonds. The number of hydrogen-bond acceptors (Lipinski definition) is 4. The van der Waals surface area contributed by atoms with Gasteiger partial charge >= 0.3 is 0 Å². The highest BCUT2D eigenvalue weighted by Gasteiger charge is 2.31. The largest absolute Gasteiger partial charge is 0.295 e. The predicted molar refractivity (Wildman–Crippen MR) is 65.6 cm³/mol. The predicted octanol–water partition coefficient (Wildman–Crippen LogP) is 0.349. The van der Waals surface area contributed by atoms with Gasteiger partial charge in [0.2, 0.25) is 5.91 Å². The topological polar surface area (TPSA) is 63.9 Å². The minimum Gasteiger partial charge on any atom is -0.295 e. The van der Waals surface area contributed by atoms with E-state index in [2.05, 4.69) is 21.0 Å². The van der Waals surface area contributed by atoms with E-state index >= 15 is 0 Å². The zero-order valence-electron chi connectivity index (χ0n) is 9.87. The first-order chi connectivity index (χ1) is 8.70. The number of rotatable bonds is 1. The van der Waals surface area contributed by atoms with Crippen LogP contribution in [-0.4, -0.2) is 32.2 Å². The average molecular weight is 241 g/mol. The number of terminal acetylenes is 1. The number of nitrogens with zero attached hydrogens (tertiary/aromatic N) is 5. The third kappa shape index (κ3) is 1.44. The summed E-state index contributed by atoms with van der Waals surface area (Å²) < 4.78 is 1.65. The van der Waals surface area contributed by atoms with Gasteiger partial charge in [0.25, 0.3) is 0 Å². The van der Waals surface area contributed by atoms with Crippen molar-refractivity contribution in [2.45, 2.75) is 6.42 Å². The zero-order chi connectivity index (χ0) is 12.7. The van der Waals surface area contributed by atoms with E-state index in [-0.39, 0.29) is 11.8 Å². The number of hydrogen-bond donors (Lipinski definition) is 0. The van der Waals surface area contributed by atoms with Crippen molar-refractivity contribution in [3.8, 4) is 12.3 Å². The van der Waals surface area contributed by atoms with Crippen LogP contribution in [0.2, 0.25) is 0 Å². The van der Waals surface area contributed by atoms with Gasteiger partial charge in [0.05, 0.1) is 11.6 Å². The molecule has 6 heteroatoms. The van der Waals surface area contributed by atoms with E-state index in [1.165, 1.54) is 6.33 Å². The van der Waals surface area contributed by atoms with Crippen LogP contribution < -0.4 is 4.90 Å². The summed E-state index contributed by atoms with van der Waals surface area (Å²) >= 11 is 0. The molecule has 1 fully saturated rings. The van der Waals surface area contributed by atoms with E-state index in [0.717, 1.165) is 5.39 Å². The molecule has 2 aromatic heterocycles. The Balaban J connectivity index is 2.10. The summed E-state index contributed by atoms with van der Waals surface area (Å²) in [4.78, 5) is 21.9. The van der Waals surface area contributed by atoms with Crippen LogP contribution in [0.15, 0.2) is 12.5 Å². The highest BCUT2D eigenvalue weighted by molar-refractivity contribution is 6.01. The number of anilines is 1. The molecular weight excluding hydrogens is 230 g/mol. The number of fused-ring (bicyclic) bond motifs is 1. The van der Waals surface area contributed by atoms with Crippen molar-refractivity contribution in [1.29, 1.82) is 0 Å². The Morgan fingerprint density at radius 1 is 1.50 bits per heavy atom. The molecule has 1 atom stereocenters. The monoisotopic (exact) mass is 241 g/mol. The third-order valence-electron chi connectivity index (χ3n) is 3.12. The van der Waals surface area contributed by atoms with Gasteiger partial charge < -0.3 is 0 Å². The van der Waals surface area contributed by atoms with Crippen LogP contribution in [0, 0.1) is 18.3 Å². The van der Waals surface area contributed by atoms with E-state index in [0.29, 0.717) is 24.4 Å². The Bertz CT molecular complexity index is 669. The Kier molecular flexibility index (Phi) is 2.27. The van der Waals surface area contributed by atoms with E-state index in [1.54, 1.807) is 22.8 Å². The molecule has 1 aliphatic heterocycles. The van der Waals surface area contributed by atoms with Crippen molar-refractivity contribution in [3.05, 3.63) is 12.5 Å². The maximum atomic E-state index is 11.9. The van der Waals surface area contributed by atoms with E-state index in [1.807, 2.05) is 0 Å². The fourth-order valence-electron chi connectivity index (χ4n) is 2.19. The maximum absolute atomic E-state index is 11.9. The first-order valence-electron chi connectivity index (χ1n) is 5.60. The van der Waals surface area contributed by atoms with Crippen LogP contribution in [-0.2, 0) is 11.8 Å². The molecule has 0 aromatic carbocycles. The lowest BCUT2D eigenvalue weighted by Crippen LogP contribution is -2.25. The first-order valence-corrected chi connectivity index (χ1v) is 5.60. The summed E-state index contributed by atoms with van der Waals surface area (Å²) in [6.45, 7) is 0.510. The van der Waals surface area contributed by atoms with Gasteiger partial charge in [-0.05, 0) is 0 Å². The molecule has 6 nitrogen and oxygen atoms in total. The highest BCUT2D eigenvalue weighted by atomic mass is 16.2.